The summed E-state index contributed by atoms with van der Waals surface area (Å²) in [6.45, 7) is 2.84. The van der Waals surface area contributed by atoms with Crippen LogP contribution in [-0.4, -0.2) is 29.9 Å². The molecule has 1 aromatic rings. The summed E-state index contributed by atoms with van der Waals surface area (Å²) in [6, 6.07) is 10.6. The van der Waals surface area contributed by atoms with Gasteiger partial charge in [0.25, 0.3) is 0 Å². The molecule has 0 saturated carbocycles. The molecule has 1 saturated heterocycles. The summed E-state index contributed by atoms with van der Waals surface area (Å²) in [5, 5.41) is 3.39. The number of nitrogens with one attached hydrogen (secondary N) is 1. The molecule has 3 nitrogen and oxygen atoms in total. The lowest BCUT2D eigenvalue weighted by Crippen LogP contribution is -2.50. The van der Waals surface area contributed by atoms with Crippen LogP contribution in [0.2, 0.25) is 0 Å². The molecule has 1 amide bonds. The molecule has 0 radical (unpaired) electrons. The van der Waals surface area contributed by atoms with E-state index in [1.807, 2.05) is 30.1 Å². The summed E-state index contributed by atoms with van der Waals surface area (Å²) in [5.74, 6) is 0.213. The Bertz CT molecular complexity index is 391. The Kier molecular flexibility index (Phi) is 4.37. The Morgan fingerprint density at radius 1 is 1.33 bits per heavy atom. The van der Waals surface area contributed by atoms with Crippen LogP contribution in [0.4, 0.5) is 0 Å². The van der Waals surface area contributed by atoms with Crippen LogP contribution < -0.4 is 5.32 Å². The monoisotopic (exact) mass is 246 g/mol. The van der Waals surface area contributed by atoms with Gasteiger partial charge in [-0.2, -0.15) is 0 Å². The minimum atomic E-state index is 0.00228. The van der Waals surface area contributed by atoms with E-state index >= 15 is 0 Å². The van der Waals surface area contributed by atoms with Gasteiger partial charge in [0.05, 0.1) is 6.04 Å². The first-order valence-electron chi connectivity index (χ1n) is 6.72. The molecule has 18 heavy (non-hydrogen) atoms. The van der Waals surface area contributed by atoms with Gasteiger partial charge >= 0.3 is 0 Å². The fourth-order valence-corrected chi connectivity index (χ4v) is 2.53. The van der Waals surface area contributed by atoms with E-state index in [1.54, 1.807) is 0 Å². The standard InChI is InChI=1S/C15H22N2O/c1-12-7-6-10-14(16-12)15(18)17(2)11-13-8-4-3-5-9-13/h3-5,8-9,12,14,16H,6-7,10-11H2,1-2H3. The van der Waals surface area contributed by atoms with Gasteiger partial charge in [0.2, 0.25) is 5.91 Å². The van der Waals surface area contributed by atoms with Crippen molar-refractivity contribution in [1.29, 1.82) is 0 Å². The van der Waals surface area contributed by atoms with Gasteiger partial charge in [-0.1, -0.05) is 30.3 Å². The highest BCUT2D eigenvalue weighted by atomic mass is 16.2. The van der Waals surface area contributed by atoms with Crippen molar-refractivity contribution >= 4 is 5.91 Å². The number of likely N-dealkylation sites (N-methyl/N-ethyl adjacent to an activating group) is 1. The Hall–Kier alpha value is -1.35. The van der Waals surface area contributed by atoms with E-state index in [0.29, 0.717) is 12.6 Å². The quantitative estimate of drug-likeness (QED) is 0.886. The molecular formula is C15H22N2O. The van der Waals surface area contributed by atoms with Crippen LogP contribution in [0.15, 0.2) is 30.3 Å². The van der Waals surface area contributed by atoms with Crippen LogP contribution in [0.5, 0.6) is 0 Å². The van der Waals surface area contributed by atoms with Crippen molar-refractivity contribution in [2.45, 2.75) is 44.8 Å². The Morgan fingerprint density at radius 2 is 2.06 bits per heavy atom. The van der Waals surface area contributed by atoms with Gasteiger partial charge in [0.15, 0.2) is 0 Å². The normalized spacial score (nSPS) is 23.7. The van der Waals surface area contributed by atoms with Crippen LogP contribution in [0.25, 0.3) is 0 Å². The maximum absolute atomic E-state index is 12.3. The van der Waals surface area contributed by atoms with E-state index in [-0.39, 0.29) is 11.9 Å². The molecule has 0 aromatic heterocycles. The highest BCUT2D eigenvalue weighted by Gasteiger charge is 2.26. The smallest absolute Gasteiger partial charge is 0.239 e. The number of nitrogens with zero attached hydrogens (tertiary/aromatic N) is 1. The second kappa shape index (κ2) is 6.01. The minimum Gasteiger partial charge on any atom is -0.340 e. The third-order valence-electron chi connectivity index (χ3n) is 3.55. The minimum absolute atomic E-state index is 0.00228. The molecule has 98 valence electrons. The van der Waals surface area contributed by atoms with Crippen LogP contribution in [-0.2, 0) is 11.3 Å². The van der Waals surface area contributed by atoms with Crippen molar-refractivity contribution in [2.75, 3.05) is 7.05 Å². The Labute approximate surface area is 109 Å². The summed E-state index contributed by atoms with van der Waals surface area (Å²) in [5.41, 5.74) is 1.18. The molecule has 0 aliphatic carbocycles. The van der Waals surface area contributed by atoms with Gasteiger partial charge in [-0.25, -0.2) is 0 Å². The van der Waals surface area contributed by atoms with Crippen molar-refractivity contribution in [3.05, 3.63) is 35.9 Å². The highest BCUT2D eigenvalue weighted by molar-refractivity contribution is 5.81. The molecule has 1 N–H and O–H groups in total. The number of benzene rings is 1. The predicted molar refractivity (Wildman–Crippen MR) is 73.2 cm³/mol. The molecule has 2 rings (SSSR count). The number of hydrogen-bond donors (Lipinski definition) is 1. The van der Waals surface area contributed by atoms with Crippen LogP contribution in [0.3, 0.4) is 0 Å². The number of rotatable bonds is 3. The Morgan fingerprint density at radius 3 is 2.72 bits per heavy atom. The molecule has 1 aliphatic heterocycles. The molecule has 1 aromatic carbocycles. The first-order chi connectivity index (χ1) is 8.66. The first-order valence-corrected chi connectivity index (χ1v) is 6.72. The summed E-state index contributed by atoms with van der Waals surface area (Å²) in [7, 11) is 1.89. The van der Waals surface area contributed by atoms with E-state index in [4.69, 9.17) is 0 Å². The molecular weight excluding hydrogens is 224 g/mol. The molecule has 2 unspecified atom stereocenters. The van der Waals surface area contributed by atoms with Crippen molar-refractivity contribution in [1.82, 2.24) is 10.2 Å². The second-order valence-corrected chi connectivity index (χ2v) is 5.23. The maximum atomic E-state index is 12.3. The summed E-state index contributed by atoms with van der Waals surface area (Å²) >= 11 is 0. The van der Waals surface area contributed by atoms with E-state index in [2.05, 4.69) is 24.4 Å². The average Bonchev–Trinajstić information content (AvgIpc) is 2.39. The van der Waals surface area contributed by atoms with Crippen LogP contribution >= 0.6 is 0 Å². The van der Waals surface area contributed by atoms with Crippen molar-refractivity contribution in [3.8, 4) is 0 Å². The highest BCUT2D eigenvalue weighted by Crippen LogP contribution is 2.14. The average molecular weight is 246 g/mol. The number of carbonyl (C=O) groups is 1. The lowest BCUT2D eigenvalue weighted by molar-refractivity contribution is -0.133. The fraction of sp³-hybridized carbons (Fsp3) is 0.533. The van der Waals surface area contributed by atoms with Crippen LogP contribution in [0.1, 0.15) is 31.7 Å². The number of piperidine rings is 1. The fourth-order valence-electron chi connectivity index (χ4n) is 2.53. The van der Waals surface area contributed by atoms with Crippen molar-refractivity contribution < 1.29 is 4.79 Å². The SMILES string of the molecule is CC1CCCC(C(=O)N(C)Cc2ccccc2)N1. The summed E-state index contributed by atoms with van der Waals surface area (Å²) in [4.78, 5) is 14.1. The van der Waals surface area contributed by atoms with Crippen LogP contribution in [0, 0.1) is 0 Å². The molecule has 1 aliphatic rings. The molecule has 1 heterocycles. The van der Waals surface area contributed by atoms with E-state index in [0.717, 1.165) is 12.8 Å². The molecule has 0 bridgehead atoms. The molecule has 0 spiro atoms. The van der Waals surface area contributed by atoms with Gasteiger partial charge in [-0.15, -0.1) is 0 Å². The first kappa shape index (κ1) is 13.1. The predicted octanol–water partition coefficient (Wildman–Crippen LogP) is 2.18. The van der Waals surface area contributed by atoms with Gasteiger partial charge < -0.3 is 10.2 Å². The van der Waals surface area contributed by atoms with Crippen molar-refractivity contribution in [3.63, 3.8) is 0 Å². The summed E-state index contributed by atoms with van der Waals surface area (Å²) in [6.07, 6.45) is 3.28. The third kappa shape index (κ3) is 3.33. The van der Waals surface area contributed by atoms with E-state index in [1.165, 1.54) is 12.0 Å². The zero-order valence-corrected chi connectivity index (χ0v) is 11.2. The van der Waals surface area contributed by atoms with Crippen molar-refractivity contribution in [2.24, 2.45) is 0 Å². The van der Waals surface area contributed by atoms with Gasteiger partial charge in [0, 0.05) is 19.6 Å². The zero-order chi connectivity index (χ0) is 13.0. The van der Waals surface area contributed by atoms with Gasteiger partial charge in [0.1, 0.15) is 0 Å². The molecule has 3 heteroatoms. The summed E-state index contributed by atoms with van der Waals surface area (Å²) < 4.78 is 0. The lowest BCUT2D eigenvalue weighted by atomic mass is 9.98. The molecule has 2 atom stereocenters. The number of hydrogen-bond acceptors (Lipinski definition) is 2. The Balaban J connectivity index is 1.92. The second-order valence-electron chi connectivity index (χ2n) is 5.23. The largest absolute Gasteiger partial charge is 0.340 e. The maximum Gasteiger partial charge on any atom is 0.239 e. The van der Waals surface area contributed by atoms with E-state index < -0.39 is 0 Å². The lowest BCUT2D eigenvalue weighted by Gasteiger charge is -2.31. The topological polar surface area (TPSA) is 32.3 Å². The molecule has 1 fully saturated rings. The third-order valence-corrected chi connectivity index (χ3v) is 3.55. The van der Waals surface area contributed by atoms with E-state index in [9.17, 15) is 4.79 Å². The van der Waals surface area contributed by atoms with Gasteiger partial charge in [-0.3, -0.25) is 4.79 Å². The number of amides is 1. The number of carbonyl (C=O) groups excluding carboxylic acids is 1. The van der Waals surface area contributed by atoms with Gasteiger partial charge in [-0.05, 0) is 31.7 Å². The zero-order valence-electron chi connectivity index (χ0n) is 11.2.